The number of hydrogen-bond acceptors (Lipinski definition) is 4. The molecule has 102 valence electrons. The van der Waals surface area contributed by atoms with Crippen molar-refractivity contribution in [2.24, 2.45) is 5.73 Å². The number of nitrogens with two attached hydrogens (primary N) is 1. The Hall–Kier alpha value is -0.710. The molecule has 2 N–H and O–H groups in total. The Morgan fingerprint density at radius 3 is 2.67 bits per heavy atom. The van der Waals surface area contributed by atoms with Crippen LogP contribution in [0.25, 0.3) is 0 Å². The largest absolute Gasteiger partial charge is 0.377 e. The maximum atomic E-state index is 5.87. The van der Waals surface area contributed by atoms with Gasteiger partial charge in [0.25, 0.3) is 0 Å². The molecule has 1 aromatic rings. The molecule has 0 bridgehead atoms. The van der Waals surface area contributed by atoms with E-state index in [4.69, 9.17) is 10.5 Å². The first-order valence-electron chi connectivity index (χ1n) is 6.28. The van der Waals surface area contributed by atoms with Crippen LogP contribution in [-0.2, 0) is 11.3 Å². The van der Waals surface area contributed by atoms with Crippen LogP contribution in [0.2, 0.25) is 0 Å². The molecule has 0 saturated carbocycles. The summed E-state index contributed by atoms with van der Waals surface area (Å²) < 4.78 is 5.59. The van der Waals surface area contributed by atoms with Crippen molar-refractivity contribution >= 4 is 17.4 Å². The molecule has 0 radical (unpaired) electrons. The highest BCUT2D eigenvalue weighted by atomic mass is 32.2. The van der Waals surface area contributed by atoms with Crippen LogP contribution in [0.1, 0.15) is 19.4 Å². The Bertz CT molecular complexity index is 369. The van der Waals surface area contributed by atoms with E-state index in [-0.39, 0.29) is 6.10 Å². The van der Waals surface area contributed by atoms with Crippen LogP contribution in [0.15, 0.2) is 23.1 Å². The second-order valence-electron chi connectivity index (χ2n) is 4.50. The number of anilines is 1. The van der Waals surface area contributed by atoms with E-state index in [1.54, 1.807) is 11.8 Å². The lowest BCUT2D eigenvalue weighted by Crippen LogP contribution is -2.25. The predicted octanol–water partition coefficient (Wildman–Crippen LogP) is 2.73. The molecule has 0 amide bonds. The number of ether oxygens (including phenoxy) is 1. The fourth-order valence-electron chi connectivity index (χ4n) is 1.85. The predicted molar refractivity (Wildman–Crippen MR) is 80.5 cm³/mol. The van der Waals surface area contributed by atoms with Gasteiger partial charge in [0.15, 0.2) is 0 Å². The maximum Gasteiger partial charge on any atom is 0.0644 e. The molecule has 0 spiro atoms. The zero-order valence-electron chi connectivity index (χ0n) is 11.8. The maximum absolute atomic E-state index is 5.87. The topological polar surface area (TPSA) is 38.5 Å². The number of benzene rings is 1. The van der Waals surface area contributed by atoms with Gasteiger partial charge in [0, 0.05) is 36.3 Å². The van der Waals surface area contributed by atoms with Crippen molar-refractivity contribution in [2.45, 2.75) is 31.4 Å². The zero-order chi connectivity index (χ0) is 13.5. The van der Waals surface area contributed by atoms with Gasteiger partial charge in [-0.1, -0.05) is 6.07 Å². The summed E-state index contributed by atoms with van der Waals surface area (Å²) in [5.41, 5.74) is 8.30. The smallest absolute Gasteiger partial charge is 0.0644 e. The first-order valence-corrected chi connectivity index (χ1v) is 7.51. The van der Waals surface area contributed by atoms with Crippen LogP contribution in [0.4, 0.5) is 5.69 Å². The summed E-state index contributed by atoms with van der Waals surface area (Å²) in [7, 11) is 2.09. The highest BCUT2D eigenvalue weighted by Crippen LogP contribution is 2.28. The van der Waals surface area contributed by atoms with E-state index < -0.39 is 0 Å². The van der Waals surface area contributed by atoms with Gasteiger partial charge < -0.3 is 15.4 Å². The summed E-state index contributed by atoms with van der Waals surface area (Å²) in [5, 5.41) is 0. The minimum absolute atomic E-state index is 0.282. The first-order chi connectivity index (χ1) is 8.60. The lowest BCUT2D eigenvalue weighted by molar-refractivity contribution is 0.0846. The van der Waals surface area contributed by atoms with E-state index in [1.165, 1.54) is 16.1 Å². The Morgan fingerprint density at radius 1 is 1.39 bits per heavy atom. The van der Waals surface area contributed by atoms with E-state index in [0.29, 0.717) is 6.54 Å². The summed E-state index contributed by atoms with van der Waals surface area (Å²) in [4.78, 5) is 3.47. The molecule has 1 aromatic carbocycles. The van der Waals surface area contributed by atoms with E-state index >= 15 is 0 Å². The number of rotatable bonds is 7. The van der Waals surface area contributed by atoms with Gasteiger partial charge >= 0.3 is 0 Å². The number of nitrogens with zero attached hydrogens (tertiary/aromatic N) is 1. The van der Waals surface area contributed by atoms with Gasteiger partial charge in [0.1, 0.15) is 0 Å². The van der Waals surface area contributed by atoms with Crippen molar-refractivity contribution < 1.29 is 4.74 Å². The Labute approximate surface area is 115 Å². The Balaban J connectivity index is 2.75. The normalized spacial score (nSPS) is 11.0. The van der Waals surface area contributed by atoms with Gasteiger partial charge in [0.05, 0.1) is 12.7 Å². The molecule has 0 heterocycles. The SMILES string of the molecule is CSc1cccc(N(C)CCOC(C)C)c1CN. The molecular weight excluding hydrogens is 244 g/mol. The van der Waals surface area contributed by atoms with Crippen molar-refractivity contribution in [1.82, 2.24) is 0 Å². The summed E-state index contributed by atoms with van der Waals surface area (Å²) in [6, 6.07) is 6.33. The van der Waals surface area contributed by atoms with E-state index in [2.05, 4.69) is 50.2 Å². The molecule has 18 heavy (non-hydrogen) atoms. The third kappa shape index (κ3) is 4.19. The molecule has 0 saturated heterocycles. The van der Waals surface area contributed by atoms with Crippen LogP contribution in [0.3, 0.4) is 0 Å². The molecule has 4 heteroatoms. The second kappa shape index (κ2) is 7.67. The molecule has 3 nitrogen and oxygen atoms in total. The van der Waals surface area contributed by atoms with Gasteiger partial charge in [-0.2, -0.15) is 0 Å². The van der Waals surface area contributed by atoms with Crippen molar-refractivity contribution in [3.8, 4) is 0 Å². The molecule has 0 aliphatic rings. The van der Waals surface area contributed by atoms with E-state index in [0.717, 1.165) is 13.2 Å². The molecular formula is C14H24N2OS. The second-order valence-corrected chi connectivity index (χ2v) is 5.35. The fourth-order valence-corrected chi connectivity index (χ4v) is 2.50. The third-order valence-corrected chi connectivity index (χ3v) is 3.64. The summed E-state index contributed by atoms with van der Waals surface area (Å²) in [5.74, 6) is 0. The quantitative estimate of drug-likeness (QED) is 0.772. The monoisotopic (exact) mass is 268 g/mol. The molecule has 0 atom stereocenters. The van der Waals surface area contributed by atoms with Gasteiger partial charge in [-0.25, -0.2) is 0 Å². The molecule has 0 aliphatic carbocycles. The van der Waals surface area contributed by atoms with Crippen molar-refractivity contribution in [2.75, 3.05) is 31.4 Å². The van der Waals surface area contributed by atoms with Crippen LogP contribution in [-0.4, -0.2) is 32.6 Å². The summed E-state index contributed by atoms with van der Waals surface area (Å²) in [6.45, 7) is 6.30. The molecule has 0 unspecified atom stereocenters. The highest BCUT2D eigenvalue weighted by molar-refractivity contribution is 7.98. The number of hydrogen-bond donors (Lipinski definition) is 1. The van der Waals surface area contributed by atoms with Gasteiger partial charge in [-0.3, -0.25) is 0 Å². The molecule has 0 aliphatic heterocycles. The van der Waals surface area contributed by atoms with Crippen LogP contribution in [0.5, 0.6) is 0 Å². The van der Waals surface area contributed by atoms with E-state index in [9.17, 15) is 0 Å². The molecule has 0 aromatic heterocycles. The van der Waals surface area contributed by atoms with Crippen molar-refractivity contribution in [3.05, 3.63) is 23.8 Å². The average Bonchev–Trinajstić information content (AvgIpc) is 2.36. The van der Waals surface area contributed by atoms with Gasteiger partial charge in [-0.15, -0.1) is 11.8 Å². The minimum Gasteiger partial charge on any atom is -0.377 e. The third-order valence-electron chi connectivity index (χ3n) is 2.82. The van der Waals surface area contributed by atoms with Crippen molar-refractivity contribution in [1.29, 1.82) is 0 Å². The van der Waals surface area contributed by atoms with Gasteiger partial charge in [0.2, 0.25) is 0 Å². The first kappa shape index (κ1) is 15.3. The van der Waals surface area contributed by atoms with Crippen LogP contribution >= 0.6 is 11.8 Å². The minimum atomic E-state index is 0.282. The Kier molecular flexibility index (Phi) is 6.54. The van der Waals surface area contributed by atoms with Crippen LogP contribution in [0, 0.1) is 0 Å². The Morgan fingerprint density at radius 2 is 2.11 bits per heavy atom. The summed E-state index contributed by atoms with van der Waals surface area (Å²) >= 11 is 1.74. The lowest BCUT2D eigenvalue weighted by atomic mass is 10.1. The van der Waals surface area contributed by atoms with Crippen molar-refractivity contribution in [3.63, 3.8) is 0 Å². The molecule has 1 rings (SSSR count). The molecule has 0 fully saturated rings. The zero-order valence-corrected chi connectivity index (χ0v) is 12.6. The standard InChI is InChI=1S/C14H24N2OS/c1-11(2)17-9-8-16(3)13-6-5-7-14(18-4)12(13)10-15/h5-7,11H,8-10,15H2,1-4H3. The average molecular weight is 268 g/mol. The van der Waals surface area contributed by atoms with Crippen LogP contribution < -0.4 is 10.6 Å². The van der Waals surface area contributed by atoms with E-state index in [1.807, 2.05) is 0 Å². The lowest BCUT2D eigenvalue weighted by Gasteiger charge is -2.24. The number of likely N-dealkylation sites (N-methyl/N-ethyl adjacent to an activating group) is 1. The highest BCUT2D eigenvalue weighted by Gasteiger charge is 2.10. The fraction of sp³-hybridized carbons (Fsp3) is 0.571. The number of thioether (sulfide) groups is 1. The van der Waals surface area contributed by atoms with Gasteiger partial charge in [-0.05, 0) is 32.2 Å². The summed E-state index contributed by atoms with van der Waals surface area (Å²) in [6.07, 6.45) is 2.37.